The summed E-state index contributed by atoms with van der Waals surface area (Å²) in [6.45, 7) is 0.267. The minimum Gasteiger partial charge on any atom is -0.481 e. The van der Waals surface area contributed by atoms with Gasteiger partial charge in [-0.25, -0.2) is 0 Å². The van der Waals surface area contributed by atoms with Gasteiger partial charge in [0.25, 0.3) is 0 Å². The van der Waals surface area contributed by atoms with E-state index in [0.717, 1.165) is 0 Å². The first-order valence-electron chi connectivity index (χ1n) is 5.35. The quantitative estimate of drug-likeness (QED) is 0.590. The van der Waals surface area contributed by atoms with Crippen LogP contribution in [0.1, 0.15) is 5.56 Å². The molecule has 0 aromatic heterocycles. The molecule has 0 radical (unpaired) electrons. The van der Waals surface area contributed by atoms with Crippen molar-refractivity contribution < 1.29 is 14.7 Å². The summed E-state index contributed by atoms with van der Waals surface area (Å²) in [5.74, 6) is 2.44. The number of hydrogen-bond donors (Lipinski definition) is 2. The van der Waals surface area contributed by atoms with E-state index in [-0.39, 0.29) is 6.54 Å². The smallest absolute Gasteiger partial charge is 0.317 e. The largest absolute Gasteiger partial charge is 0.481 e. The maximum Gasteiger partial charge on any atom is 0.317 e. The van der Waals surface area contributed by atoms with Gasteiger partial charge in [0.05, 0.1) is 5.92 Å². The SMILES string of the molecule is O=C(O)C1C(=O)NCC1C#Cc1cccc(Cl)c1. The molecule has 1 fully saturated rings. The molecule has 2 rings (SSSR count). The fourth-order valence-corrected chi connectivity index (χ4v) is 1.97. The predicted molar refractivity (Wildman–Crippen MR) is 66.0 cm³/mol. The molecular weight excluding hydrogens is 254 g/mol. The monoisotopic (exact) mass is 263 g/mol. The van der Waals surface area contributed by atoms with Gasteiger partial charge in [-0.1, -0.05) is 29.5 Å². The molecule has 1 aliphatic rings. The van der Waals surface area contributed by atoms with E-state index in [9.17, 15) is 9.59 Å². The molecule has 1 aromatic rings. The summed E-state index contributed by atoms with van der Waals surface area (Å²) in [6.07, 6.45) is 0. The lowest BCUT2D eigenvalue weighted by Crippen LogP contribution is -2.26. The van der Waals surface area contributed by atoms with Crippen molar-refractivity contribution in [2.24, 2.45) is 11.8 Å². The normalized spacial score (nSPS) is 21.9. The number of benzene rings is 1. The Kier molecular flexibility index (Phi) is 3.54. The van der Waals surface area contributed by atoms with Crippen LogP contribution in [0.4, 0.5) is 0 Å². The lowest BCUT2D eigenvalue weighted by atomic mass is 9.96. The Balaban J connectivity index is 2.20. The van der Waals surface area contributed by atoms with Crippen molar-refractivity contribution in [1.82, 2.24) is 5.32 Å². The molecular formula is C13H10ClNO3. The molecule has 18 heavy (non-hydrogen) atoms. The van der Waals surface area contributed by atoms with E-state index in [0.29, 0.717) is 10.6 Å². The third-order valence-electron chi connectivity index (χ3n) is 2.67. The first-order chi connectivity index (χ1) is 8.58. The van der Waals surface area contributed by atoms with Crippen LogP contribution in [0.25, 0.3) is 0 Å². The Morgan fingerprint density at radius 2 is 2.28 bits per heavy atom. The number of amides is 1. The van der Waals surface area contributed by atoms with Gasteiger partial charge in [0.2, 0.25) is 5.91 Å². The van der Waals surface area contributed by atoms with Crippen molar-refractivity contribution in [3.8, 4) is 11.8 Å². The topological polar surface area (TPSA) is 66.4 Å². The zero-order chi connectivity index (χ0) is 13.1. The van der Waals surface area contributed by atoms with Gasteiger partial charge in [0, 0.05) is 17.1 Å². The summed E-state index contributed by atoms with van der Waals surface area (Å²) in [5, 5.41) is 12.0. The van der Waals surface area contributed by atoms with E-state index in [1.165, 1.54) is 0 Å². The lowest BCUT2D eigenvalue weighted by molar-refractivity contribution is -0.146. The van der Waals surface area contributed by atoms with Crippen molar-refractivity contribution in [2.45, 2.75) is 0 Å². The molecule has 0 aliphatic carbocycles. The van der Waals surface area contributed by atoms with E-state index in [1.807, 2.05) is 0 Å². The molecule has 5 heteroatoms. The number of halogens is 1. The van der Waals surface area contributed by atoms with Crippen LogP contribution in [0.15, 0.2) is 24.3 Å². The van der Waals surface area contributed by atoms with Crippen LogP contribution in [0.3, 0.4) is 0 Å². The highest BCUT2D eigenvalue weighted by molar-refractivity contribution is 6.30. The molecule has 0 spiro atoms. The Hall–Kier alpha value is -1.99. The van der Waals surface area contributed by atoms with E-state index in [1.54, 1.807) is 24.3 Å². The number of aliphatic carboxylic acids is 1. The fraction of sp³-hybridized carbons (Fsp3) is 0.231. The average Bonchev–Trinajstić information content (AvgIpc) is 2.68. The average molecular weight is 264 g/mol. The van der Waals surface area contributed by atoms with Gasteiger partial charge >= 0.3 is 5.97 Å². The van der Waals surface area contributed by atoms with E-state index >= 15 is 0 Å². The van der Waals surface area contributed by atoms with E-state index in [2.05, 4.69) is 17.2 Å². The maximum atomic E-state index is 11.3. The van der Waals surface area contributed by atoms with Crippen LogP contribution < -0.4 is 5.32 Å². The predicted octanol–water partition coefficient (Wildman–Crippen LogP) is 1.14. The van der Waals surface area contributed by atoms with Crippen molar-refractivity contribution in [1.29, 1.82) is 0 Å². The fourth-order valence-electron chi connectivity index (χ4n) is 1.78. The van der Waals surface area contributed by atoms with Gasteiger partial charge < -0.3 is 10.4 Å². The number of hydrogen-bond acceptors (Lipinski definition) is 2. The molecule has 1 heterocycles. The second-order valence-electron chi connectivity index (χ2n) is 3.95. The summed E-state index contributed by atoms with van der Waals surface area (Å²) < 4.78 is 0. The molecule has 92 valence electrons. The third-order valence-corrected chi connectivity index (χ3v) is 2.91. The van der Waals surface area contributed by atoms with Crippen LogP contribution in [-0.4, -0.2) is 23.5 Å². The Morgan fingerprint density at radius 3 is 2.94 bits per heavy atom. The molecule has 1 amide bonds. The molecule has 4 nitrogen and oxygen atoms in total. The van der Waals surface area contributed by atoms with Gasteiger partial charge in [-0.2, -0.15) is 0 Å². The minimum absolute atomic E-state index is 0.267. The van der Waals surface area contributed by atoms with Crippen LogP contribution in [0, 0.1) is 23.7 Å². The molecule has 0 bridgehead atoms. The van der Waals surface area contributed by atoms with Crippen LogP contribution in [0.5, 0.6) is 0 Å². The van der Waals surface area contributed by atoms with Crippen LogP contribution in [-0.2, 0) is 9.59 Å². The number of carboxylic acids is 1. The summed E-state index contributed by atoms with van der Waals surface area (Å²) >= 11 is 5.81. The Morgan fingerprint density at radius 1 is 1.50 bits per heavy atom. The highest BCUT2D eigenvalue weighted by Crippen LogP contribution is 2.18. The van der Waals surface area contributed by atoms with Gasteiger partial charge in [-0.05, 0) is 18.2 Å². The molecule has 1 aliphatic heterocycles. The number of rotatable bonds is 1. The van der Waals surface area contributed by atoms with Crippen molar-refractivity contribution in [2.75, 3.05) is 6.54 Å². The molecule has 2 unspecified atom stereocenters. The highest BCUT2D eigenvalue weighted by atomic mass is 35.5. The summed E-state index contributed by atoms with van der Waals surface area (Å²) in [4.78, 5) is 22.2. The zero-order valence-corrected chi connectivity index (χ0v) is 10.1. The number of carbonyl (C=O) groups is 2. The molecule has 0 saturated carbocycles. The summed E-state index contributed by atoms with van der Waals surface area (Å²) in [6, 6.07) is 6.96. The lowest BCUT2D eigenvalue weighted by Gasteiger charge is -2.04. The van der Waals surface area contributed by atoms with Gasteiger partial charge in [-0.3, -0.25) is 9.59 Å². The first-order valence-corrected chi connectivity index (χ1v) is 5.73. The van der Waals surface area contributed by atoms with Crippen LogP contribution >= 0.6 is 11.6 Å². The third kappa shape index (κ3) is 2.63. The van der Waals surface area contributed by atoms with Crippen molar-refractivity contribution in [3.05, 3.63) is 34.9 Å². The molecule has 2 N–H and O–H groups in total. The van der Waals surface area contributed by atoms with Crippen LogP contribution in [0.2, 0.25) is 5.02 Å². The standard InChI is InChI=1S/C13H10ClNO3/c14-10-3-1-2-8(6-10)4-5-9-7-15-12(16)11(9)13(17)18/h1-3,6,9,11H,7H2,(H,15,16)(H,17,18). The van der Waals surface area contributed by atoms with Gasteiger partial charge in [-0.15, -0.1) is 0 Å². The number of carbonyl (C=O) groups excluding carboxylic acids is 1. The Labute approximate surface area is 109 Å². The summed E-state index contributed by atoms with van der Waals surface area (Å²) in [5.41, 5.74) is 0.700. The second kappa shape index (κ2) is 5.11. The van der Waals surface area contributed by atoms with E-state index < -0.39 is 23.7 Å². The molecule has 2 atom stereocenters. The van der Waals surface area contributed by atoms with Gasteiger partial charge in [0.1, 0.15) is 0 Å². The minimum atomic E-state index is -1.14. The Bertz CT molecular complexity index is 559. The van der Waals surface area contributed by atoms with E-state index in [4.69, 9.17) is 16.7 Å². The first kappa shape index (κ1) is 12.5. The maximum absolute atomic E-state index is 11.3. The van der Waals surface area contributed by atoms with Crippen molar-refractivity contribution in [3.63, 3.8) is 0 Å². The zero-order valence-electron chi connectivity index (χ0n) is 9.31. The highest BCUT2D eigenvalue weighted by Gasteiger charge is 2.39. The molecule has 1 saturated heterocycles. The summed E-state index contributed by atoms with van der Waals surface area (Å²) in [7, 11) is 0. The number of nitrogens with one attached hydrogen (secondary N) is 1. The number of carboxylic acid groups (broad SMARTS) is 1. The molecule has 1 aromatic carbocycles. The van der Waals surface area contributed by atoms with Crippen molar-refractivity contribution >= 4 is 23.5 Å². The second-order valence-corrected chi connectivity index (χ2v) is 4.38. The van der Waals surface area contributed by atoms with Gasteiger partial charge in [0.15, 0.2) is 5.92 Å².